The smallest absolute Gasteiger partial charge is 0.341 e. The van der Waals surface area contributed by atoms with Crippen LogP contribution in [0.3, 0.4) is 0 Å². The highest BCUT2D eigenvalue weighted by Gasteiger charge is 2.20. The van der Waals surface area contributed by atoms with Crippen LogP contribution in [0.5, 0.6) is 5.75 Å². The van der Waals surface area contributed by atoms with Crippen LogP contribution in [0.2, 0.25) is 0 Å². The summed E-state index contributed by atoms with van der Waals surface area (Å²) in [4.78, 5) is 11.0. The molecule has 1 aromatic rings. The molecule has 0 saturated carbocycles. The van der Waals surface area contributed by atoms with Crippen molar-refractivity contribution in [3.8, 4) is 5.75 Å². The van der Waals surface area contributed by atoms with Crippen molar-refractivity contribution in [1.29, 1.82) is 0 Å². The quantitative estimate of drug-likeness (QED) is 0.794. The number of nitrogens with two attached hydrogens (primary N) is 1. The number of benzene rings is 1. The van der Waals surface area contributed by atoms with Gasteiger partial charge in [-0.2, -0.15) is 0 Å². The summed E-state index contributed by atoms with van der Waals surface area (Å²) >= 11 is 0. The molecule has 0 spiro atoms. The molecule has 0 heterocycles. The molecular weight excluding hydrogens is 225 g/mol. The summed E-state index contributed by atoms with van der Waals surface area (Å²) in [6.07, 6.45) is -0.182. The van der Waals surface area contributed by atoms with E-state index in [1.807, 2.05) is 20.8 Å². The number of aromatic carboxylic acids is 1. The van der Waals surface area contributed by atoms with E-state index < -0.39 is 17.5 Å². The minimum absolute atomic E-state index is 0.0950. The second-order valence-electron chi connectivity index (χ2n) is 4.21. The van der Waals surface area contributed by atoms with Crippen molar-refractivity contribution < 1.29 is 19.0 Å². The topological polar surface area (TPSA) is 72.5 Å². The van der Waals surface area contributed by atoms with Gasteiger partial charge in [0.05, 0.1) is 11.8 Å². The number of carboxylic acids is 1. The maximum Gasteiger partial charge on any atom is 0.341 e. The van der Waals surface area contributed by atoms with Gasteiger partial charge in [-0.25, -0.2) is 9.18 Å². The lowest BCUT2D eigenvalue weighted by Crippen LogP contribution is -2.20. The summed E-state index contributed by atoms with van der Waals surface area (Å²) < 4.78 is 18.6. The van der Waals surface area contributed by atoms with Gasteiger partial charge < -0.3 is 15.6 Å². The average Bonchev–Trinajstić information content (AvgIpc) is 2.22. The average molecular weight is 241 g/mol. The number of hydrogen-bond donors (Lipinski definition) is 2. The minimum Gasteiger partial charge on any atom is -0.489 e. The Labute approximate surface area is 99.2 Å². The van der Waals surface area contributed by atoms with Crippen LogP contribution in [0.25, 0.3) is 0 Å². The van der Waals surface area contributed by atoms with E-state index in [1.165, 1.54) is 6.07 Å². The van der Waals surface area contributed by atoms with Gasteiger partial charge in [0.25, 0.3) is 0 Å². The highest BCUT2D eigenvalue weighted by Crippen LogP contribution is 2.28. The van der Waals surface area contributed by atoms with Gasteiger partial charge in [-0.3, -0.25) is 0 Å². The Morgan fingerprint density at radius 2 is 2.00 bits per heavy atom. The van der Waals surface area contributed by atoms with E-state index >= 15 is 0 Å². The number of ether oxygens (including phenoxy) is 1. The molecule has 1 unspecified atom stereocenters. The minimum atomic E-state index is -1.30. The molecule has 17 heavy (non-hydrogen) atoms. The van der Waals surface area contributed by atoms with Crippen molar-refractivity contribution in [3.05, 3.63) is 23.5 Å². The van der Waals surface area contributed by atoms with Crippen molar-refractivity contribution >= 4 is 11.7 Å². The van der Waals surface area contributed by atoms with Crippen LogP contribution in [-0.4, -0.2) is 17.2 Å². The number of nitrogen functional groups attached to an aromatic ring is 1. The molecule has 94 valence electrons. The molecule has 0 fully saturated rings. The molecule has 0 bridgehead atoms. The maximum atomic E-state index is 13.2. The van der Waals surface area contributed by atoms with Crippen LogP contribution in [-0.2, 0) is 0 Å². The molecule has 0 radical (unpaired) electrons. The second-order valence-corrected chi connectivity index (χ2v) is 4.21. The van der Waals surface area contributed by atoms with Gasteiger partial charge in [-0.1, -0.05) is 13.8 Å². The van der Waals surface area contributed by atoms with Crippen LogP contribution in [0.4, 0.5) is 10.1 Å². The number of rotatable bonds is 4. The standard InChI is InChI=1S/C12H16FNO3/c1-6(2)7(3)17-9-5-4-8(13)11(14)10(9)12(15)16/h4-7H,14H2,1-3H3,(H,15,16). The first-order chi connectivity index (χ1) is 7.84. The molecule has 0 saturated heterocycles. The van der Waals surface area contributed by atoms with E-state index in [1.54, 1.807) is 0 Å². The van der Waals surface area contributed by atoms with Gasteiger partial charge in [0.2, 0.25) is 0 Å². The summed E-state index contributed by atoms with van der Waals surface area (Å²) in [5.41, 5.74) is 4.68. The summed E-state index contributed by atoms with van der Waals surface area (Å²) in [5.74, 6) is -1.75. The molecule has 3 N–H and O–H groups in total. The number of halogens is 1. The molecule has 0 aliphatic heterocycles. The second kappa shape index (κ2) is 5.03. The Balaban J connectivity index is 3.16. The fourth-order valence-corrected chi connectivity index (χ4v) is 1.23. The van der Waals surface area contributed by atoms with E-state index in [4.69, 9.17) is 15.6 Å². The van der Waals surface area contributed by atoms with Gasteiger partial charge in [-0.05, 0) is 25.0 Å². The van der Waals surface area contributed by atoms with E-state index in [0.717, 1.165) is 6.07 Å². The first-order valence-corrected chi connectivity index (χ1v) is 5.32. The van der Waals surface area contributed by atoms with E-state index in [2.05, 4.69) is 0 Å². The molecule has 1 aromatic carbocycles. The predicted molar refractivity (Wildman–Crippen MR) is 62.7 cm³/mol. The molecule has 0 aliphatic carbocycles. The third-order valence-electron chi connectivity index (χ3n) is 2.62. The largest absolute Gasteiger partial charge is 0.489 e. The Morgan fingerprint density at radius 1 is 1.41 bits per heavy atom. The Hall–Kier alpha value is -1.78. The Morgan fingerprint density at radius 3 is 2.47 bits per heavy atom. The molecule has 4 nitrogen and oxygen atoms in total. The van der Waals surface area contributed by atoms with Crippen LogP contribution in [0.15, 0.2) is 12.1 Å². The van der Waals surface area contributed by atoms with Crippen molar-refractivity contribution in [3.63, 3.8) is 0 Å². The van der Waals surface area contributed by atoms with E-state index in [9.17, 15) is 9.18 Å². The Bertz CT molecular complexity index is 432. The SMILES string of the molecule is CC(C)C(C)Oc1ccc(F)c(N)c1C(=O)O. The lowest BCUT2D eigenvalue weighted by molar-refractivity contribution is 0.0688. The molecule has 1 rings (SSSR count). The van der Waals surface area contributed by atoms with Crippen LogP contribution >= 0.6 is 0 Å². The first kappa shape index (κ1) is 13.3. The zero-order valence-electron chi connectivity index (χ0n) is 10.0. The zero-order chi connectivity index (χ0) is 13.2. The molecule has 0 aliphatic rings. The summed E-state index contributed by atoms with van der Waals surface area (Å²) in [7, 11) is 0. The first-order valence-electron chi connectivity index (χ1n) is 5.32. The normalized spacial score (nSPS) is 12.5. The fraction of sp³-hybridized carbons (Fsp3) is 0.417. The van der Waals surface area contributed by atoms with E-state index in [-0.39, 0.29) is 23.3 Å². The summed E-state index contributed by atoms with van der Waals surface area (Å²) in [5, 5.41) is 9.00. The van der Waals surface area contributed by atoms with Crippen molar-refractivity contribution in [2.24, 2.45) is 5.92 Å². The van der Waals surface area contributed by atoms with Crippen molar-refractivity contribution in [2.45, 2.75) is 26.9 Å². The van der Waals surface area contributed by atoms with Crippen molar-refractivity contribution in [2.75, 3.05) is 5.73 Å². The summed E-state index contributed by atoms with van der Waals surface area (Å²) in [6.45, 7) is 5.70. The Kier molecular flexibility index (Phi) is 3.93. The monoisotopic (exact) mass is 241 g/mol. The van der Waals surface area contributed by atoms with Crippen LogP contribution in [0, 0.1) is 11.7 Å². The lowest BCUT2D eigenvalue weighted by atomic mass is 10.1. The van der Waals surface area contributed by atoms with E-state index in [0.29, 0.717) is 0 Å². The van der Waals surface area contributed by atoms with Crippen LogP contribution in [0.1, 0.15) is 31.1 Å². The number of anilines is 1. The number of hydrogen-bond acceptors (Lipinski definition) is 3. The van der Waals surface area contributed by atoms with Gasteiger partial charge in [0.1, 0.15) is 17.1 Å². The van der Waals surface area contributed by atoms with Gasteiger partial charge in [0, 0.05) is 0 Å². The molecular formula is C12H16FNO3. The molecule has 5 heteroatoms. The fourth-order valence-electron chi connectivity index (χ4n) is 1.23. The number of carboxylic acid groups (broad SMARTS) is 1. The maximum absolute atomic E-state index is 13.2. The van der Waals surface area contributed by atoms with Crippen molar-refractivity contribution in [1.82, 2.24) is 0 Å². The van der Waals surface area contributed by atoms with Crippen LogP contribution < -0.4 is 10.5 Å². The third-order valence-corrected chi connectivity index (χ3v) is 2.62. The zero-order valence-corrected chi connectivity index (χ0v) is 10.0. The highest BCUT2D eigenvalue weighted by atomic mass is 19.1. The lowest BCUT2D eigenvalue weighted by Gasteiger charge is -2.20. The highest BCUT2D eigenvalue weighted by molar-refractivity contribution is 5.96. The van der Waals surface area contributed by atoms with Gasteiger partial charge >= 0.3 is 5.97 Å². The summed E-state index contributed by atoms with van der Waals surface area (Å²) in [6, 6.07) is 2.39. The predicted octanol–water partition coefficient (Wildman–Crippen LogP) is 2.53. The molecule has 1 atom stereocenters. The third kappa shape index (κ3) is 2.87. The molecule has 0 aromatic heterocycles. The van der Waals surface area contributed by atoms with Gasteiger partial charge in [-0.15, -0.1) is 0 Å². The molecule has 0 amide bonds. The number of carbonyl (C=O) groups is 1. The van der Waals surface area contributed by atoms with Gasteiger partial charge in [0.15, 0.2) is 0 Å².